The monoisotopic (exact) mass is 401 g/mol. The molecule has 1 heterocycles. The van der Waals surface area contributed by atoms with Crippen LogP contribution in [0.5, 0.6) is 5.75 Å². The number of phenols is 1. The van der Waals surface area contributed by atoms with E-state index in [0.29, 0.717) is 18.7 Å². The van der Waals surface area contributed by atoms with Crippen molar-refractivity contribution < 1.29 is 9.90 Å². The number of nitrogens with one attached hydrogen (secondary N) is 1. The van der Waals surface area contributed by atoms with E-state index in [4.69, 9.17) is 0 Å². The van der Waals surface area contributed by atoms with E-state index in [1.54, 1.807) is 12.1 Å². The van der Waals surface area contributed by atoms with Crippen LogP contribution in [0.25, 0.3) is 0 Å². The molecule has 3 aromatic carbocycles. The van der Waals surface area contributed by atoms with E-state index in [1.807, 2.05) is 53.4 Å². The molecule has 0 radical (unpaired) electrons. The smallest absolute Gasteiger partial charge is 0.256 e. The fourth-order valence-electron chi connectivity index (χ4n) is 3.84. The van der Waals surface area contributed by atoms with Gasteiger partial charge in [0.05, 0.1) is 11.3 Å². The summed E-state index contributed by atoms with van der Waals surface area (Å²) in [7, 11) is 0. The minimum atomic E-state index is 0.0407. The summed E-state index contributed by atoms with van der Waals surface area (Å²) in [4.78, 5) is 17.4. The zero-order valence-corrected chi connectivity index (χ0v) is 17.4. The van der Waals surface area contributed by atoms with Crippen molar-refractivity contribution in [3.63, 3.8) is 0 Å². The number of para-hydroxylation sites is 1. The van der Waals surface area contributed by atoms with Crippen LogP contribution < -0.4 is 10.2 Å². The van der Waals surface area contributed by atoms with Crippen molar-refractivity contribution in [2.24, 2.45) is 0 Å². The summed E-state index contributed by atoms with van der Waals surface area (Å²) in [5.74, 6) is 0.302. The summed E-state index contributed by atoms with van der Waals surface area (Å²) in [5, 5.41) is 13.2. The van der Waals surface area contributed by atoms with Gasteiger partial charge >= 0.3 is 0 Å². The molecule has 3 aromatic rings. The summed E-state index contributed by atoms with van der Waals surface area (Å²) in [6.45, 7) is 6.94. The zero-order chi connectivity index (χ0) is 21.1. The molecular weight excluding hydrogens is 374 g/mol. The normalized spacial score (nSPS) is 13.9. The van der Waals surface area contributed by atoms with Crippen molar-refractivity contribution in [1.29, 1.82) is 0 Å². The van der Waals surface area contributed by atoms with E-state index in [0.717, 1.165) is 30.2 Å². The molecule has 4 rings (SSSR count). The van der Waals surface area contributed by atoms with Crippen molar-refractivity contribution in [3.8, 4) is 5.75 Å². The number of aromatic hydroxyl groups is 1. The van der Waals surface area contributed by atoms with E-state index in [2.05, 4.69) is 30.1 Å². The molecule has 0 aromatic heterocycles. The largest absolute Gasteiger partial charge is 0.508 e. The lowest BCUT2D eigenvalue weighted by atomic mass is 10.1. The minimum Gasteiger partial charge on any atom is -0.508 e. The van der Waals surface area contributed by atoms with Gasteiger partial charge in [0.15, 0.2) is 0 Å². The molecule has 0 spiro atoms. The van der Waals surface area contributed by atoms with Crippen molar-refractivity contribution in [3.05, 3.63) is 83.4 Å². The Morgan fingerprint density at radius 3 is 2.33 bits per heavy atom. The van der Waals surface area contributed by atoms with Crippen LogP contribution in [0.3, 0.4) is 0 Å². The molecule has 0 bridgehead atoms. The zero-order valence-electron chi connectivity index (χ0n) is 17.4. The first-order valence-electron chi connectivity index (χ1n) is 10.3. The Balaban J connectivity index is 1.49. The van der Waals surface area contributed by atoms with Gasteiger partial charge in [-0.25, -0.2) is 0 Å². The average Bonchev–Trinajstić information content (AvgIpc) is 2.77. The van der Waals surface area contributed by atoms with E-state index in [9.17, 15) is 9.90 Å². The molecule has 1 aliphatic rings. The third-order valence-corrected chi connectivity index (χ3v) is 5.79. The molecule has 1 fully saturated rings. The van der Waals surface area contributed by atoms with E-state index >= 15 is 0 Å². The predicted octanol–water partition coefficient (Wildman–Crippen LogP) is 4.72. The highest BCUT2D eigenvalue weighted by molar-refractivity contribution is 6.00. The second-order valence-corrected chi connectivity index (χ2v) is 7.72. The minimum absolute atomic E-state index is 0.0407. The molecule has 0 atom stereocenters. The highest BCUT2D eigenvalue weighted by Crippen LogP contribution is 2.27. The van der Waals surface area contributed by atoms with Gasteiger partial charge in [-0.05, 0) is 55.3 Å². The van der Waals surface area contributed by atoms with E-state index in [-0.39, 0.29) is 11.7 Å². The summed E-state index contributed by atoms with van der Waals surface area (Å²) in [6, 6.07) is 21.1. The van der Waals surface area contributed by atoms with E-state index < -0.39 is 0 Å². The van der Waals surface area contributed by atoms with Crippen molar-refractivity contribution in [2.45, 2.75) is 13.8 Å². The summed E-state index contributed by atoms with van der Waals surface area (Å²) in [5.41, 5.74) is 5.91. The molecule has 30 heavy (non-hydrogen) atoms. The number of phenolic OH excluding ortho intramolecular Hbond substituents is 1. The first kappa shape index (κ1) is 19.8. The fourth-order valence-corrected chi connectivity index (χ4v) is 3.84. The number of benzene rings is 3. The maximum atomic E-state index is 13.3. The first-order chi connectivity index (χ1) is 14.5. The molecule has 2 N–H and O–H groups in total. The highest BCUT2D eigenvalue weighted by Gasteiger charge is 2.24. The van der Waals surface area contributed by atoms with Gasteiger partial charge in [-0.3, -0.25) is 4.79 Å². The van der Waals surface area contributed by atoms with Gasteiger partial charge in [0.2, 0.25) is 0 Å². The standard InChI is InChI=1S/C25H27N3O2/c1-18-7-5-12-23(19(18)2)26-24-11-4-3-10-22(24)25(30)28-15-13-27(14-16-28)20-8-6-9-21(29)17-20/h3-12,17,26,29H,13-16H2,1-2H3. The number of carbonyl (C=O) groups excluding carboxylic acids is 1. The van der Waals surface area contributed by atoms with Gasteiger partial charge < -0.3 is 20.2 Å². The van der Waals surface area contributed by atoms with Gasteiger partial charge in [0, 0.05) is 43.6 Å². The molecule has 0 unspecified atom stereocenters. The Labute approximate surface area is 177 Å². The van der Waals surface area contributed by atoms with Crippen LogP contribution >= 0.6 is 0 Å². The Morgan fingerprint density at radius 1 is 0.867 bits per heavy atom. The third-order valence-electron chi connectivity index (χ3n) is 5.79. The van der Waals surface area contributed by atoms with Gasteiger partial charge in [-0.1, -0.05) is 30.3 Å². The Kier molecular flexibility index (Phi) is 5.61. The van der Waals surface area contributed by atoms with Gasteiger partial charge in [0.1, 0.15) is 5.75 Å². The molecule has 1 amide bonds. The first-order valence-corrected chi connectivity index (χ1v) is 10.3. The van der Waals surface area contributed by atoms with Crippen LogP contribution in [0.4, 0.5) is 17.1 Å². The summed E-state index contributed by atoms with van der Waals surface area (Å²) >= 11 is 0. The average molecular weight is 402 g/mol. The molecule has 1 aliphatic heterocycles. The SMILES string of the molecule is Cc1cccc(Nc2ccccc2C(=O)N2CCN(c3cccc(O)c3)CC2)c1C. The predicted molar refractivity (Wildman–Crippen MR) is 122 cm³/mol. The molecular formula is C25H27N3O2. The molecule has 154 valence electrons. The second kappa shape index (κ2) is 8.49. The van der Waals surface area contributed by atoms with Crippen LogP contribution in [0.15, 0.2) is 66.7 Å². The Hall–Kier alpha value is -3.47. The summed E-state index contributed by atoms with van der Waals surface area (Å²) in [6.07, 6.45) is 0. The number of hydrogen-bond acceptors (Lipinski definition) is 4. The highest BCUT2D eigenvalue weighted by atomic mass is 16.3. The number of amides is 1. The molecule has 5 nitrogen and oxygen atoms in total. The molecule has 0 aliphatic carbocycles. The number of anilines is 3. The lowest BCUT2D eigenvalue weighted by Gasteiger charge is -2.36. The second-order valence-electron chi connectivity index (χ2n) is 7.72. The van der Waals surface area contributed by atoms with Crippen LogP contribution in [-0.2, 0) is 0 Å². The summed E-state index contributed by atoms with van der Waals surface area (Å²) < 4.78 is 0. The number of aryl methyl sites for hydroxylation is 1. The number of rotatable bonds is 4. The van der Waals surface area contributed by atoms with Crippen molar-refractivity contribution >= 4 is 23.0 Å². The van der Waals surface area contributed by atoms with Gasteiger partial charge in [-0.2, -0.15) is 0 Å². The van der Waals surface area contributed by atoms with Crippen LogP contribution in [-0.4, -0.2) is 42.1 Å². The number of nitrogens with zero attached hydrogens (tertiary/aromatic N) is 2. The Morgan fingerprint density at radius 2 is 1.57 bits per heavy atom. The van der Waals surface area contributed by atoms with Crippen molar-refractivity contribution in [1.82, 2.24) is 4.90 Å². The van der Waals surface area contributed by atoms with Gasteiger partial charge in [0.25, 0.3) is 5.91 Å². The molecule has 0 saturated carbocycles. The molecule has 1 saturated heterocycles. The Bertz CT molecular complexity index is 1060. The topological polar surface area (TPSA) is 55.8 Å². The lowest BCUT2D eigenvalue weighted by Crippen LogP contribution is -2.48. The van der Waals surface area contributed by atoms with Crippen LogP contribution in [0.1, 0.15) is 21.5 Å². The fraction of sp³-hybridized carbons (Fsp3) is 0.240. The maximum Gasteiger partial charge on any atom is 0.256 e. The number of piperazine rings is 1. The van der Waals surface area contributed by atoms with Crippen LogP contribution in [0, 0.1) is 13.8 Å². The van der Waals surface area contributed by atoms with Crippen LogP contribution in [0.2, 0.25) is 0 Å². The van der Waals surface area contributed by atoms with Crippen molar-refractivity contribution in [2.75, 3.05) is 36.4 Å². The number of hydrogen-bond donors (Lipinski definition) is 2. The van der Waals surface area contributed by atoms with Gasteiger partial charge in [-0.15, -0.1) is 0 Å². The quantitative estimate of drug-likeness (QED) is 0.664. The maximum absolute atomic E-state index is 13.3. The third kappa shape index (κ3) is 4.10. The lowest BCUT2D eigenvalue weighted by molar-refractivity contribution is 0.0747. The van der Waals surface area contributed by atoms with E-state index in [1.165, 1.54) is 11.1 Å². The molecule has 5 heteroatoms. The number of carbonyl (C=O) groups is 1.